The Morgan fingerprint density at radius 3 is 0.904 bits per heavy atom. The highest BCUT2D eigenvalue weighted by atomic mass is 127. The van der Waals surface area contributed by atoms with Gasteiger partial charge in [0.05, 0.1) is 52.0 Å². The van der Waals surface area contributed by atoms with E-state index in [2.05, 4.69) is 192 Å². The molecule has 17 aromatic rings. The molecular formula is C80H56Cl2F9I2N27O5. The van der Waals surface area contributed by atoms with Gasteiger partial charge in [-0.2, -0.15) is 19.3 Å². The first-order valence-corrected chi connectivity index (χ1v) is 38.4. The van der Waals surface area contributed by atoms with Gasteiger partial charge in [0.15, 0.2) is 46.5 Å². The predicted octanol–water partition coefficient (Wildman–Crippen LogP) is 21.7. The second-order valence-corrected chi connectivity index (χ2v) is 28.8. The zero-order valence-corrected chi connectivity index (χ0v) is 69.3. The van der Waals surface area contributed by atoms with Gasteiger partial charge in [0.1, 0.15) is 58.6 Å². The number of para-hydroxylation sites is 2. The average Bonchev–Trinajstić information content (AvgIpc) is 1.77. The SMILES string of the molecule is C.CC(F)(F)Oc1ccc(CN=C(C#N)C#N)cc1.Cc1ccc(Nc2nc3nonc3nc2Nc2ccc(Cl)cc2F)c(F)c1.Cc1ccc(Nc2nc3nonc3nc2Nc2ccc(Cl)cc2F)c(F)c1.Cc1ccc(Nc2nc3nonc3nc2Nc2ccc(F)cc2F)c(F)c1.Ic1ccccc1Nc1nc2nonc2nc1Nc1ccccc1I. The maximum atomic E-state index is 14.2. The molecule has 8 N–H and O–H groups in total. The smallest absolute Gasteiger partial charge is 0.394 e. The molecule has 0 amide bonds. The van der Waals surface area contributed by atoms with E-state index in [1.54, 1.807) is 63.2 Å². The Hall–Kier alpha value is -14.8. The van der Waals surface area contributed by atoms with E-state index in [0.717, 1.165) is 59.5 Å². The maximum Gasteiger partial charge on any atom is 0.394 e. The van der Waals surface area contributed by atoms with E-state index in [-0.39, 0.29) is 138 Å². The number of alkyl halides is 2. The second-order valence-electron chi connectivity index (χ2n) is 25.6. The van der Waals surface area contributed by atoms with Crippen molar-refractivity contribution in [1.82, 2.24) is 81.1 Å². The molecule has 8 heterocycles. The number of aromatic nitrogens is 16. The molecule has 8 aromatic heterocycles. The Morgan fingerprint density at radius 2 is 0.640 bits per heavy atom. The number of benzene rings is 9. The van der Waals surface area contributed by atoms with Crippen molar-refractivity contribution in [2.75, 3.05) is 42.5 Å². The van der Waals surface area contributed by atoms with Crippen LogP contribution in [0.1, 0.15) is 36.6 Å². The first kappa shape index (κ1) is 89.4. The number of nitrogens with zero attached hydrogens (tertiary/aromatic N) is 19. The zero-order chi connectivity index (χ0) is 87.7. The van der Waals surface area contributed by atoms with Crippen LogP contribution in [0.25, 0.3) is 45.2 Å². The molecule has 0 radical (unpaired) electrons. The number of fused-ring (bicyclic) bond motifs is 4. The molecule has 0 unspecified atom stereocenters. The van der Waals surface area contributed by atoms with Gasteiger partial charge in [0.25, 0.3) is 0 Å². The summed E-state index contributed by atoms with van der Waals surface area (Å²) in [7, 11) is 0. The van der Waals surface area contributed by atoms with Crippen LogP contribution in [0.15, 0.2) is 205 Å². The van der Waals surface area contributed by atoms with Gasteiger partial charge in [0, 0.05) is 30.2 Å². The highest BCUT2D eigenvalue weighted by Crippen LogP contribution is 2.36. The number of aliphatic imine (C=N–C) groups is 1. The van der Waals surface area contributed by atoms with Crippen LogP contribution in [0, 0.1) is 91.3 Å². The number of hydrogen-bond acceptors (Lipinski definition) is 32. The Bertz CT molecular complexity index is 6100. The maximum absolute atomic E-state index is 14.2. The Morgan fingerprint density at radius 1 is 0.376 bits per heavy atom. The zero-order valence-electron chi connectivity index (χ0n) is 63.5. The average molecular weight is 1970 g/mol. The van der Waals surface area contributed by atoms with Crippen molar-refractivity contribution in [1.29, 1.82) is 10.5 Å². The van der Waals surface area contributed by atoms with Crippen LogP contribution in [0.3, 0.4) is 0 Å². The van der Waals surface area contributed by atoms with E-state index in [1.165, 1.54) is 78.9 Å². The van der Waals surface area contributed by atoms with Crippen molar-refractivity contribution in [3.05, 3.63) is 262 Å². The highest BCUT2D eigenvalue weighted by molar-refractivity contribution is 14.1. The lowest BCUT2D eigenvalue weighted by Crippen LogP contribution is -2.18. The summed E-state index contributed by atoms with van der Waals surface area (Å²) in [5.41, 5.74) is 6.54. The quantitative estimate of drug-likeness (QED) is 0.0200. The fourth-order valence-corrected chi connectivity index (χ4v) is 11.8. The van der Waals surface area contributed by atoms with E-state index < -0.39 is 46.8 Å². The van der Waals surface area contributed by atoms with Crippen LogP contribution in [-0.4, -0.2) is 92.9 Å². The molecule has 0 bridgehead atoms. The summed E-state index contributed by atoms with van der Waals surface area (Å²) in [5, 5.41) is 70.0. The van der Waals surface area contributed by atoms with E-state index in [4.69, 9.17) is 38.4 Å². The normalized spacial score (nSPS) is 10.7. The minimum Gasteiger partial charge on any atom is -0.433 e. The lowest BCUT2D eigenvalue weighted by Gasteiger charge is -2.13. The molecule has 125 heavy (non-hydrogen) atoms. The van der Waals surface area contributed by atoms with Gasteiger partial charge in [0.2, 0.25) is 50.9 Å². The first-order chi connectivity index (χ1) is 59.6. The van der Waals surface area contributed by atoms with E-state index in [9.17, 15) is 39.5 Å². The molecule has 0 atom stereocenters. The third kappa shape index (κ3) is 23.9. The number of hydrogen-bond donors (Lipinski definition) is 8. The highest BCUT2D eigenvalue weighted by Gasteiger charge is 2.25. The summed E-state index contributed by atoms with van der Waals surface area (Å²) in [6, 6.07) is 50.1. The van der Waals surface area contributed by atoms with Crippen LogP contribution < -0.4 is 47.3 Å². The summed E-state index contributed by atoms with van der Waals surface area (Å²) in [5.74, 6) is -2.49. The second kappa shape index (κ2) is 40.7. The van der Waals surface area contributed by atoms with Gasteiger partial charge in [-0.05, 0) is 251 Å². The lowest BCUT2D eigenvalue weighted by atomic mass is 10.2. The molecule has 0 aliphatic carbocycles. The first-order valence-electron chi connectivity index (χ1n) is 35.4. The molecule has 632 valence electrons. The molecule has 9 aromatic carbocycles. The van der Waals surface area contributed by atoms with Crippen molar-refractivity contribution in [3.8, 4) is 17.9 Å². The number of nitrogens with one attached hydrogen (secondary N) is 8. The number of ether oxygens (including phenoxy) is 1. The molecule has 0 aliphatic rings. The third-order valence-electron chi connectivity index (χ3n) is 16.2. The van der Waals surface area contributed by atoms with Crippen LogP contribution in [0.4, 0.5) is 132 Å². The van der Waals surface area contributed by atoms with Gasteiger partial charge in [-0.3, -0.25) is 4.99 Å². The predicted molar refractivity (Wildman–Crippen MR) is 464 cm³/mol. The number of rotatable bonds is 20. The minimum absolute atomic E-state index is 0. The monoisotopic (exact) mass is 1970 g/mol. The molecule has 0 saturated carbocycles. The fourth-order valence-electron chi connectivity index (χ4n) is 10.5. The molecule has 45 heteroatoms. The standard InChI is InChI=1S/2C17H11ClF2N6O.C17H11F3N6O.C16H10I2N6O.C12H9F2N3O.CH4/c3*1-8-2-4-12(10(19)6-8)21-14-15(24-17-16(23-14)25-27-26-17)22-13-5-3-9(18)7-11(13)20;17-9-5-1-3-7-11(9)19-13-14(20-12-8-4-2-6-10(12)18)22-16-15(21-13)23-25-24-16;1-12(13,14)18-11-4-2-9(3-5-11)8-17-10(6-15)7-16;/h3*2-7H,1H3,(H,21,23,25)(H,22,24,26);1-8H,(H,19,21,23)(H,20,22,24);2-5H,8H2,1H3;1H4. The molecule has 0 aliphatic heterocycles. The summed E-state index contributed by atoms with van der Waals surface area (Å²) in [6.45, 7) is 6.09. The number of nitriles is 2. The van der Waals surface area contributed by atoms with Gasteiger partial charge in [-0.15, -0.1) is 0 Å². The molecule has 0 fully saturated rings. The van der Waals surface area contributed by atoms with E-state index >= 15 is 0 Å². The van der Waals surface area contributed by atoms with Gasteiger partial charge in [-0.25, -0.2) is 89.1 Å². The molecule has 0 saturated heterocycles. The Kier molecular flexibility index (Phi) is 29.1. The topological polar surface area (TPSA) is 424 Å². The van der Waals surface area contributed by atoms with Crippen molar-refractivity contribution < 1.29 is 62.8 Å². The summed E-state index contributed by atoms with van der Waals surface area (Å²) in [6.07, 6.45) is -3.23. The number of aryl methyl sites for hydroxylation is 3. The minimum atomic E-state index is -3.23. The largest absolute Gasteiger partial charge is 0.433 e. The lowest BCUT2D eigenvalue weighted by molar-refractivity contribution is -0.158. The molecule has 32 nitrogen and oxygen atoms in total. The van der Waals surface area contributed by atoms with Crippen molar-refractivity contribution in [3.63, 3.8) is 0 Å². The number of anilines is 16. The van der Waals surface area contributed by atoms with Crippen LogP contribution in [-0.2, 0) is 6.54 Å². The third-order valence-corrected chi connectivity index (χ3v) is 18.6. The van der Waals surface area contributed by atoms with Crippen LogP contribution in [0.2, 0.25) is 10.0 Å². The van der Waals surface area contributed by atoms with Crippen molar-refractivity contribution in [2.24, 2.45) is 4.99 Å². The molecule has 0 spiro atoms. The number of halogens is 13. The summed E-state index contributed by atoms with van der Waals surface area (Å²) in [4.78, 5) is 37.9. The van der Waals surface area contributed by atoms with Gasteiger partial charge >= 0.3 is 6.11 Å². The van der Waals surface area contributed by atoms with E-state index in [1.807, 2.05) is 48.5 Å². The molecule has 17 rings (SSSR count). The van der Waals surface area contributed by atoms with Crippen LogP contribution >= 0.6 is 68.4 Å². The van der Waals surface area contributed by atoms with Gasteiger partial charge in [-0.1, -0.05) is 85.2 Å². The van der Waals surface area contributed by atoms with E-state index in [0.29, 0.717) is 35.4 Å². The van der Waals surface area contributed by atoms with Crippen LogP contribution in [0.5, 0.6) is 5.75 Å². The Balaban J connectivity index is 0.000000143. The molecular weight excluding hydrogens is 1910 g/mol. The summed E-state index contributed by atoms with van der Waals surface area (Å²) < 4.78 is 148. The fraction of sp³-hybridized carbons (Fsp3) is 0.0875. The Labute approximate surface area is 736 Å². The summed E-state index contributed by atoms with van der Waals surface area (Å²) >= 11 is 16.1. The van der Waals surface area contributed by atoms with Crippen molar-refractivity contribution >= 4 is 211 Å². The van der Waals surface area contributed by atoms with Gasteiger partial charge < -0.3 is 47.3 Å². The van der Waals surface area contributed by atoms with Crippen molar-refractivity contribution in [2.45, 2.75) is 47.8 Å².